The number of amides is 1. The number of carbonyl (C=O) groups excluding carboxylic acids is 1. The minimum absolute atomic E-state index is 0.201. The van der Waals surface area contributed by atoms with Crippen LogP contribution in [0.25, 0.3) is 11.0 Å². The van der Waals surface area contributed by atoms with Crippen LogP contribution >= 0.6 is 0 Å². The van der Waals surface area contributed by atoms with Crippen molar-refractivity contribution in [3.63, 3.8) is 0 Å². The third kappa shape index (κ3) is 4.11. The van der Waals surface area contributed by atoms with Crippen molar-refractivity contribution < 1.29 is 18.0 Å². The van der Waals surface area contributed by atoms with Gasteiger partial charge in [-0.1, -0.05) is 48.0 Å². The van der Waals surface area contributed by atoms with Gasteiger partial charge >= 0.3 is 6.18 Å². The molecule has 0 N–H and O–H groups in total. The van der Waals surface area contributed by atoms with Gasteiger partial charge in [-0.25, -0.2) is 4.98 Å². The van der Waals surface area contributed by atoms with E-state index >= 15 is 0 Å². The van der Waals surface area contributed by atoms with E-state index in [4.69, 9.17) is 4.98 Å². The standard InChI is InChI=1S/C26H22F3N3O/c1-17-9-11-18(12-10-17)15-32-23-8-3-2-7-22(23)30-25(32)19-13-24(33)31(16-19)21-6-4-5-20(14-21)26(27,28)29/h2-12,14,19H,13,15-16H2,1H3/t19-/m0/s1. The van der Waals surface area contributed by atoms with E-state index in [0.29, 0.717) is 6.54 Å². The molecule has 7 heteroatoms. The molecule has 0 radical (unpaired) electrons. The monoisotopic (exact) mass is 449 g/mol. The topological polar surface area (TPSA) is 38.1 Å². The van der Waals surface area contributed by atoms with Crippen LogP contribution in [0, 0.1) is 6.92 Å². The molecule has 1 atom stereocenters. The molecule has 1 fully saturated rings. The molecule has 5 rings (SSSR count). The van der Waals surface area contributed by atoms with Crippen LogP contribution < -0.4 is 4.90 Å². The van der Waals surface area contributed by atoms with Crippen LogP contribution in [0.1, 0.15) is 34.9 Å². The maximum absolute atomic E-state index is 13.2. The highest BCUT2D eigenvalue weighted by Crippen LogP contribution is 2.36. The Balaban J connectivity index is 1.50. The summed E-state index contributed by atoms with van der Waals surface area (Å²) in [5, 5.41) is 0. The molecule has 1 amide bonds. The van der Waals surface area contributed by atoms with Gasteiger partial charge < -0.3 is 9.47 Å². The minimum Gasteiger partial charge on any atom is -0.323 e. The average Bonchev–Trinajstić information content (AvgIpc) is 3.35. The Morgan fingerprint density at radius 2 is 1.76 bits per heavy atom. The quantitative estimate of drug-likeness (QED) is 0.387. The molecule has 1 aromatic heterocycles. The Labute approximate surface area is 189 Å². The van der Waals surface area contributed by atoms with Crippen LogP contribution in [-0.4, -0.2) is 22.0 Å². The molecule has 1 aliphatic rings. The summed E-state index contributed by atoms with van der Waals surface area (Å²) >= 11 is 0. The lowest BCUT2D eigenvalue weighted by molar-refractivity contribution is -0.137. The van der Waals surface area contributed by atoms with E-state index in [1.54, 1.807) is 6.07 Å². The summed E-state index contributed by atoms with van der Waals surface area (Å²) in [4.78, 5) is 19.1. The molecule has 0 aliphatic carbocycles. The third-order valence-electron chi connectivity index (χ3n) is 6.12. The van der Waals surface area contributed by atoms with Crippen LogP contribution in [0.2, 0.25) is 0 Å². The molecule has 4 aromatic rings. The molecular formula is C26H22F3N3O. The van der Waals surface area contributed by atoms with Crippen molar-refractivity contribution in [2.75, 3.05) is 11.4 Å². The number of halogens is 3. The Hall–Kier alpha value is -3.61. The lowest BCUT2D eigenvalue weighted by Crippen LogP contribution is -2.25. The van der Waals surface area contributed by atoms with Crippen LogP contribution in [0.4, 0.5) is 18.9 Å². The number of carbonyl (C=O) groups is 1. The zero-order valence-electron chi connectivity index (χ0n) is 18.0. The SMILES string of the molecule is Cc1ccc(Cn2c([C@H]3CC(=O)N(c4cccc(C(F)(F)F)c4)C3)nc3ccccc32)cc1. The Morgan fingerprint density at radius 3 is 2.52 bits per heavy atom. The maximum atomic E-state index is 13.2. The Bertz CT molecular complexity index is 1320. The summed E-state index contributed by atoms with van der Waals surface area (Å²) in [6.45, 7) is 2.93. The largest absolute Gasteiger partial charge is 0.416 e. The lowest BCUT2D eigenvalue weighted by atomic mass is 10.1. The highest BCUT2D eigenvalue weighted by atomic mass is 19.4. The van der Waals surface area contributed by atoms with Crippen LogP contribution in [0.15, 0.2) is 72.8 Å². The fraction of sp³-hybridized carbons (Fsp3) is 0.231. The molecule has 1 saturated heterocycles. The van der Waals surface area contributed by atoms with E-state index in [1.165, 1.54) is 16.5 Å². The Kier molecular flexibility index (Phi) is 5.19. The minimum atomic E-state index is -4.46. The van der Waals surface area contributed by atoms with Gasteiger partial charge in [-0.2, -0.15) is 13.2 Å². The number of hydrogen-bond acceptors (Lipinski definition) is 2. The van der Waals surface area contributed by atoms with Gasteiger partial charge in [-0.15, -0.1) is 0 Å². The van der Waals surface area contributed by atoms with Gasteiger partial charge in [0.2, 0.25) is 5.91 Å². The lowest BCUT2D eigenvalue weighted by Gasteiger charge is -2.19. The van der Waals surface area contributed by atoms with E-state index in [-0.39, 0.29) is 30.5 Å². The van der Waals surface area contributed by atoms with Gasteiger partial charge in [0.05, 0.1) is 16.6 Å². The fourth-order valence-corrected chi connectivity index (χ4v) is 4.43. The summed E-state index contributed by atoms with van der Waals surface area (Å²) in [5.74, 6) is 0.359. The molecule has 0 saturated carbocycles. The summed E-state index contributed by atoms with van der Waals surface area (Å²) in [5.41, 5.74) is 3.60. The Morgan fingerprint density at radius 1 is 1.00 bits per heavy atom. The fourth-order valence-electron chi connectivity index (χ4n) is 4.43. The maximum Gasteiger partial charge on any atom is 0.416 e. The summed E-state index contributed by atoms with van der Waals surface area (Å²) in [7, 11) is 0. The van der Waals surface area contributed by atoms with Crippen molar-refractivity contribution in [3.05, 3.63) is 95.3 Å². The second-order valence-corrected chi connectivity index (χ2v) is 8.48. The second-order valence-electron chi connectivity index (χ2n) is 8.48. The summed E-state index contributed by atoms with van der Waals surface area (Å²) < 4.78 is 41.7. The summed E-state index contributed by atoms with van der Waals surface area (Å²) in [6.07, 6.45) is -4.26. The first-order valence-corrected chi connectivity index (χ1v) is 10.8. The van der Waals surface area contributed by atoms with Crippen molar-refractivity contribution in [2.45, 2.75) is 32.0 Å². The number of fused-ring (bicyclic) bond motifs is 1. The molecule has 3 aromatic carbocycles. The van der Waals surface area contributed by atoms with Crippen molar-refractivity contribution in [1.29, 1.82) is 0 Å². The van der Waals surface area contributed by atoms with Gasteiger partial charge in [0.25, 0.3) is 0 Å². The van der Waals surface area contributed by atoms with Crippen molar-refractivity contribution in [1.82, 2.24) is 9.55 Å². The zero-order chi connectivity index (χ0) is 23.2. The van der Waals surface area contributed by atoms with Crippen molar-refractivity contribution >= 4 is 22.6 Å². The molecule has 4 nitrogen and oxygen atoms in total. The molecular weight excluding hydrogens is 427 g/mol. The predicted molar refractivity (Wildman–Crippen MR) is 121 cm³/mol. The second kappa shape index (κ2) is 8.06. The number of para-hydroxylation sites is 2. The van der Waals surface area contributed by atoms with Crippen LogP contribution in [-0.2, 0) is 17.5 Å². The first-order valence-electron chi connectivity index (χ1n) is 10.8. The highest BCUT2D eigenvalue weighted by Gasteiger charge is 2.36. The van der Waals surface area contributed by atoms with Gasteiger partial charge in [-0.05, 0) is 42.8 Å². The molecule has 168 valence electrons. The third-order valence-corrected chi connectivity index (χ3v) is 6.12. The molecule has 0 spiro atoms. The number of aryl methyl sites for hydroxylation is 1. The number of hydrogen-bond donors (Lipinski definition) is 0. The molecule has 0 bridgehead atoms. The molecule has 1 aliphatic heterocycles. The normalized spacial score (nSPS) is 16.7. The first kappa shape index (κ1) is 21.2. The average molecular weight is 449 g/mol. The van der Waals surface area contributed by atoms with E-state index in [0.717, 1.165) is 34.6 Å². The van der Waals surface area contributed by atoms with E-state index in [2.05, 4.69) is 28.8 Å². The van der Waals surface area contributed by atoms with Crippen LogP contribution in [0.5, 0.6) is 0 Å². The number of nitrogens with zero attached hydrogens (tertiary/aromatic N) is 3. The van der Waals surface area contributed by atoms with Gasteiger partial charge in [-0.3, -0.25) is 4.79 Å². The van der Waals surface area contributed by atoms with Crippen molar-refractivity contribution in [3.8, 4) is 0 Å². The van der Waals surface area contributed by atoms with Gasteiger partial charge in [0, 0.05) is 31.1 Å². The molecule has 0 unspecified atom stereocenters. The highest BCUT2D eigenvalue weighted by molar-refractivity contribution is 5.96. The predicted octanol–water partition coefficient (Wildman–Crippen LogP) is 5.93. The smallest absolute Gasteiger partial charge is 0.323 e. The number of imidazole rings is 1. The van der Waals surface area contributed by atoms with E-state index < -0.39 is 11.7 Å². The van der Waals surface area contributed by atoms with Gasteiger partial charge in [0.15, 0.2) is 0 Å². The number of benzene rings is 3. The van der Waals surface area contributed by atoms with Crippen molar-refractivity contribution in [2.24, 2.45) is 0 Å². The number of anilines is 1. The first-order chi connectivity index (χ1) is 15.8. The van der Waals surface area contributed by atoms with E-state index in [9.17, 15) is 18.0 Å². The number of alkyl halides is 3. The van der Waals surface area contributed by atoms with E-state index in [1.807, 2.05) is 31.2 Å². The summed E-state index contributed by atoms with van der Waals surface area (Å²) in [6, 6.07) is 21.0. The molecule has 2 heterocycles. The zero-order valence-corrected chi connectivity index (χ0v) is 18.0. The van der Waals surface area contributed by atoms with Gasteiger partial charge in [0.1, 0.15) is 5.82 Å². The number of aromatic nitrogens is 2. The molecule has 33 heavy (non-hydrogen) atoms. The van der Waals surface area contributed by atoms with Crippen LogP contribution in [0.3, 0.4) is 0 Å². The number of rotatable bonds is 4.